The van der Waals surface area contributed by atoms with Crippen molar-refractivity contribution in [1.29, 1.82) is 0 Å². The van der Waals surface area contributed by atoms with Crippen molar-refractivity contribution in [2.24, 2.45) is 0 Å². The zero-order valence-electron chi connectivity index (χ0n) is 16.2. The highest BCUT2D eigenvalue weighted by Crippen LogP contribution is 2.37. The van der Waals surface area contributed by atoms with E-state index in [1.807, 2.05) is 44.2 Å². The van der Waals surface area contributed by atoms with Gasteiger partial charge in [0.15, 0.2) is 0 Å². The molecule has 4 heterocycles. The van der Waals surface area contributed by atoms with E-state index in [0.717, 1.165) is 39.2 Å². The fourth-order valence-corrected chi connectivity index (χ4v) is 3.69. The third kappa shape index (κ3) is 3.09. The van der Waals surface area contributed by atoms with Gasteiger partial charge in [0, 0.05) is 24.8 Å². The van der Waals surface area contributed by atoms with Crippen LogP contribution in [0.5, 0.6) is 11.6 Å². The molecule has 146 valence electrons. The zero-order valence-corrected chi connectivity index (χ0v) is 16.2. The molecular weight excluding hydrogens is 368 g/mol. The van der Waals surface area contributed by atoms with Crippen molar-refractivity contribution in [3.8, 4) is 22.8 Å². The molecule has 5 rings (SSSR count). The first-order valence-corrected chi connectivity index (χ1v) is 9.46. The Bertz CT molecular complexity index is 1200. The van der Waals surface area contributed by atoms with Gasteiger partial charge in [-0.1, -0.05) is 6.07 Å². The number of anilines is 1. The minimum atomic E-state index is -0.298. The fraction of sp³-hybridized carbons (Fsp3) is 0.227. The molecule has 0 amide bonds. The molecule has 1 aliphatic rings. The highest BCUT2D eigenvalue weighted by atomic mass is 16.5. The van der Waals surface area contributed by atoms with E-state index < -0.39 is 0 Å². The third-order valence-electron chi connectivity index (χ3n) is 5.20. The molecule has 0 radical (unpaired) electrons. The first-order valence-electron chi connectivity index (χ1n) is 9.46. The summed E-state index contributed by atoms with van der Waals surface area (Å²) in [5, 5.41) is 10.5. The van der Waals surface area contributed by atoms with Crippen LogP contribution in [-0.2, 0) is 0 Å². The highest BCUT2D eigenvalue weighted by Gasteiger charge is 2.29. The van der Waals surface area contributed by atoms with Crippen LogP contribution in [0, 0.1) is 13.8 Å². The van der Waals surface area contributed by atoms with Crippen LogP contribution in [0.2, 0.25) is 0 Å². The first-order chi connectivity index (χ1) is 14.1. The molecule has 0 spiro atoms. The van der Waals surface area contributed by atoms with Crippen molar-refractivity contribution < 1.29 is 14.3 Å². The summed E-state index contributed by atoms with van der Waals surface area (Å²) in [7, 11) is 0. The summed E-state index contributed by atoms with van der Waals surface area (Å²) in [4.78, 5) is 15.3. The topological polar surface area (TPSA) is 84.5 Å². The number of β-amino-alcohol motifs (C(OH)–C–C–N with tert-alkyl or cyclic N) is 1. The molecule has 0 aliphatic carbocycles. The zero-order chi connectivity index (χ0) is 20.0. The molecule has 1 fully saturated rings. The van der Waals surface area contributed by atoms with Crippen molar-refractivity contribution in [1.82, 2.24) is 15.0 Å². The second-order valence-corrected chi connectivity index (χ2v) is 7.24. The number of hydrogen-bond donors (Lipinski definition) is 1. The lowest BCUT2D eigenvalue weighted by atomic mass is 9.98. The normalized spacial score (nSPS) is 14.2. The lowest BCUT2D eigenvalue weighted by molar-refractivity contribution is 0.141. The summed E-state index contributed by atoms with van der Waals surface area (Å²) in [6, 6.07) is 9.58. The fourth-order valence-electron chi connectivity index (χ4n) is 3.69. The van der Waals surface area contributed by atoms with E-state index in [4.69, 9.17) is 9.15 Å². The molecule has 0 saturated carbocycles. The average Bonchev–Trinajstić information content (AvgIpc) is 3.16. The molecule has 1 aromatic carbocycles. The smallest absolute Gasteiger partial charge is 0.230 e. The summed E-state index contributed by atoms with van der Waals surface area (Å²) in [5.74, 6) is 2.06. The lowest BCUT2D eigenvalue weighted by Crippen LogP contribution is -2.51. The molecule has 1 aliphatic heterocycles. The second kappa shape index (κ2) is 6.86. The standard InChI is InChI=1S/C22H20N4O3/c1-13-9-16(29-22-18-6-8-28-19(18)5-7-23-22)3-4-17(13)20-14(2)24-12-25-21(20)26-10-15(27)11-26/h3-9,12,15,27H,10-11H2,1-2H3. The van der Waals surface area contributed by atoms with Crippen LogP contribution >= 0.6 is 0 Å². The maximum absolute atomic E-state index is 9.69. The Morgan fingerprint density at radius 2 is 1.97 bits per heavy atom. The van der Waals surface area contributed by atoms with E-state index in [1.165, 1.54) is 0 Å². The summed E-state index contributed by atoms with van der Waals surface area (Å²) >= 11 is 0. The van der Waals surface area contributed by atoms with Gasteiger partial charge in [-0.15, -0.1) is 0 Å². The molecular formula is C22H20N4O3. The quantitative estimate of drug-likeness (QED) is 0.568. The van der Waals surface area contributed by atoms with Gasteiger partial charge in [0.05, 0.1) is 23.4 Å². The number of rotatable bonds is 4. The number of aliphatic hydroxyl groups excluding tert-OH is 1. The summed E-state index contributed by atoms with van der Waals surface area (Å²) in [6.07, 6.45) is 4.57. The van der Waals surface area contributed by atoms with Gasteiger partial charge in [0.2, 0.25) is 5.88 Å². The van der Waals surface area contributed by atoms with Gasteiger partial charge in [-0.2, -0.15) is 0 Å². The molecule has 1 saturated heterocycles. The number of aryl methyl sites for hydroxylation is 2. The van der Waals surface area contributed by atoms with E-state index >= 15 is 0 Å². The molecule has 0 unspecified atom stereocenters. The molecule has 29 heavy (non-hydrogen) atoms. The Balaban J connectivity index is 1.50. The minimum Gasteiger partial charge on any atom is -0.464 e. The summed E-state index contributed by atoms with van der Waals surface area (Å²) in [6.45, 7) is 5.19. The van der Waals surface area contributed by atoms with E-state index in [9.17, 15) is 5.11 Å². The molecule has 3 aromatic heterocycles. The van der Waals surface area contributed by atoms with Gasteiger partial charge in [-0.25, -0.2) is 15.0 Å². The van der Waals surface area contributed by atoms with Gasteiger partial charge in [-0.05, 0) is 49.2 Å². The van der Waals surface area contributed by atoms with E-state index in [-0.39, 0.29) is 6.10 Å². The summed E-state index contributed by atoms with van der Waals surface area (Å²) < 4.78 is 11.4. The lowest BCUT2D eigenvalue weighted by Gasteiger charge is -2.38. The van der Waals surface area contributed by atoms with Crippen molar-refractivity contribution >= 4 is 16.8 Å². The number of fused-ring (bicyclic) bond motifs is 1. The molecule has 7 nitrogen and oxygen atoms in total. The van der Waals surface area contributed by atoms with Crippen molar-refractivity contribution in [3.05, 3.63) is 60.4 Å². The Hall–Kier alpha value is -3.45. The molecule has 0 atom stereocenters. The molecule has 7 heteroatoms. The number of aromatic nitrogens is 3. The number of benzene rings is 1. The van der Waals surface area contributed by atoms with Crippen molar-refractivity contribution in [2.45, 2.75) is 20.0 Å². The number of furan rings is 1. The highest BCUT2D eigenvalue weighted by molar-refractivity contribution is 5.83. The van der Waals surface area contributed by atoms with Gasteiger partial charge >= 0.3 is 0 Å². The third-order valence-corrected chi connectivity index (χ3v) is 5.20. The molecule has 1 N–H and O–H groups in total. The van der Waals surface area contributed by atoms with Gasteiger partial charge in [0.1, 0.15) is 23.5 Å². The molecule has 4 aromatic rings. The van der Waals surface area contributed by atoms with Crippen LogP contribution in [0.1, 0.15) is 11.3 Å². The van der Waals surface area contributed by atoms with Crippen molar-refractivity contribution in [2.75, 3.05) is 18.0 Å². The predicted octanol–water partition coefficient (Wildman–Crippen LogP) is 3.87. The van der Waals surface area contributed by atoms with Crippen LogP contribution < -0.4 is 9.64 Å². The second-order valence-electron chi connectivity index (χ2n) is 7.24. The van der Waals surface area contributed by atoms with Crippen molar-refractivity contribution in [3.63, 3.8) is 0 Å². The van der Waals surface area contributed by atoms with E-state index in [2.05, 4.69) is 19.9 Å². The largest absolute Gasteiger partial charge is 0.464 e. The summed E-state index contributed by atoms with van der Waals surface area (Å²) in [5.41, 5.74) is 4.71. The van der Waals surface area contributed by atoms with Crippen LogP contribution in [0.25, 0.3) is 22.1 Å². The maximum Gasteiger partial charge on any atom is 0.230 e. The van der Waals surface area contributed by atoms with Gasteiger partial charge in [-0.3, -0.25) is 0 Å². The molecule has 0 bridgehead atoms. The number of nitrogens with zero attached hydrogens (tertiary/aromatic N) is 4. The van der Waals surface area contributed by atoms with Gasteiger partial charge < -0.3 is 19.2 Å². The number of pyridine rings is 1. The van der Waals surface area contributed by atoms with Crippen LogP contribution in [0.3, 0.4) is 0 Å². The Morgan fingerprint density at radius 3 is 2.76 bits per heavy atom. The predicted molar refractivity (Wildman–Crippen MR) is 109 cm³/mol. The van der Waals surface area contributed by atoms with E-state index in [1.54, 1.807) is 18.8 Å². The number of ether oxygens (including phenoxy) is 1. The van der Waals surface area contributed by atoms with Gasteiger partial charge in [0.25, 0.3) is 0 Å². The Kier molecular flexibility index (Phi) is 4.17. The first kappa shape index (κ1) is 17.6. The monoisotopic (exact) mass is 388 g/mol. The number of aliphatic hydroxyl groups is 1. The minimum absolute atomic E-state index is 0.298. The number of hydrogen-bond acceptors (Lipinski definition) is 7. The van der Waals surface area contributed by atoms with E-state index in [0.29, 0.717) is 24.7 Å². The SMILES string of the molecule is Cc1cc(Oc2nccc3occc23)ccc1-c1c(C)ncnc1N1CC(O)C1. The Morgan fingerprint density at radius 1 is 1.10 bits per heavy atom. The average molecular weight is 388 g/mol. The van der Waals surface area contributed by atoms with Crippen LogP contribution in [-0.4, -0.2) is 39.3 Å². The van der Waals surface area contributed by atoms with Crippen LogP contribution in [0.4, 0.5) is 5.82 Å². The van der Waals surface area contributed by atoms with Crippen LogP contribution in [0.15, 0.2) is 53.5 Å². The Labute approximate surface area is 167 Å². The maximum atomic E-state index is 9.69.